The van der Waals surface area contributed by atoms with Gasteiger partial charge in [-0.3, -0.25) is 0 Å². The summed E-state index contributed by atoms with van der Waals surface area (Å²) in [6.07, 6.45) is 0.814. The van der Waals surface area contributed by atoms with Crippen LogP contribution in [0.25, 0.3) is 0 Å². The van der Waals surface area contributed by atoms with Gasteiger partial charge in [0.1, 0.15) is 0 Å². The molecular formula is C12H18ClNO. The SMILES string of the molecule is CCOC(C)(CN)Cc1ccc(Cl)cc1. The standard InChI is InChI=1S/C12H18ClNO/c1-3-15-12(2,9-14)8-10-4-6-11(13)7-5-10/h4-7H,3,8-9,14H2,1-2H3. The summed E-state index contributed by atoms with van der Waals surface area (Å²) in [5, 5.41) is 0.754. The Morgan fingerprint density at radius 3 is 2.40 bits per heavy atom. The van der Waals surface area contributed by atoms with Crippen LogP contribution in [0.3, 0.4) is 0 Å². The maximum absolute atomic E-state index is 5.82. The minimum absolute atomic E-state index is 0.275. The van der Waals surface area contributed by atoms with Crippen molar-refractivity contribution < 1.29 is 4.74 Å². The van der Waals surface area contributed by atoms with Crippen molar-refractivity contribution >= 4 is 11.6 Å². The van der Waals surface area contributed by atoms with Gasteiger partial charge in [-0.25, -0.2) is 0 Å². The molecule has 2 N–H and O–H groups in total. The lowest BCUT2D eigenvalue weighted by Gasteiger charge is -2.28. The fourth-order valence-electron chi connectivity index (χ4n) is 1.56. The number of nitrogens with two attached hydrogens (primary N) is 1. The normalized spacial score (nSPS) is 14.9. The molecule has 15 heavy (non-hydrogen) atoms. The highest BCUT2D eigenvalue weighted by molar-refractivity contribution is 6.30. The van der Waals surface area contributed by atoms with Crippen LogP contribution in [0.1, 0.15) is 19.4 Å². The average Bonchev–Trinajstić information content (AvgIpc) is 2.22. The molecule has 0 aliphatic carbocycles. The predicted octanol–water partition coefficient (Wildman–Crippen LogP) is 2.64. The minimum Gasteiger partial charge on any atom is -0.374 e. The van der Waals surface area contributed by atoms with Crippen molar-refractivity contribution in [2.75, 3.05) is 13.2 Å². The van der Waals surface area contributed by atoms with Crippen molar-refractivity contribution in [2.45, 2.75) is 25.9 Å². The van der Waals surface area contributed by atoms with Crippen LogP contribution in [0.15, 0.2) is 24.3 Å². The molecule has 1 aromatic carbocycles. The van der Waals surface area contributed by atoms with Crippen LogP contribution in [0.2, 0.25) is 5.02 Å². The predicted molar refractivity (Wildman–Crippen MR) is 64.2 cm³/mol. The van der Waals surface area contributed by atoms with E-state index in [0.717, 1.165) is 11.4 Å². The van der Waals surface area contributed by atoms with Gasteiger partial charge in [-0.1, -0.05) is 23.7 Å². The van der Waals surface area contributed by atoms with Gasteiger partial charge in [0.2, 0.25) is 0 Å². The van der Waals surface area contributed by atoms with E-state index in [4.69, 9.17) is 22.1 Å². The van der Waals surface area contributed by atoms with E-state index < -0.39 is 0 Å². The second-order valence-electron chi connectivity index (χ2n) is 3.89. The Balaban J connectivity index is 2.70. The van der Waals surface area contributed by atoms with Gasteiger partial charge in [0.15, 0.2) is 0 Å². The van der Waals surface area contributed by atoms with Crippen LogP contribution in [0.4, 0.5) is 0 Å². The largest absolute Gasteiger partial charge is 0.374 e. The van der Waals surface area contributed by atoms with Crippen molar-refractivity contribution in [3.8, 4) is 0 Å². The Hall–Kier alpha value is -0.570. The lowest BCUT2D eigenvalue weighted by atomic mass is 9.96. The molecule has 1 unspecified atom stereocenters. The van der Waals surface area contributed by atoms with Gasteiger partial charge in [0.05, 0.1) is 5.60 Å². The van der Waals surface area contributed by atoms with E-state index >= 15 is 0 Å². The molecule has 2 nitrogen and oxygen atoms in total. The number of halogens is 1. The molecule has 0 amide bonds. The molecular weight excluding hydrogens is 210 g/mol. The van der Waals surface area contributed by atoms with Crippen LogP contribution < -0.4 is 5.73 Å². The Labute approximate surface area is 96.4 Å². The molecule has 1 rings (SSSR count). The third-order valence-corrected chi connectivity index (χ3v) is 2.67. The first-order valence-electron chi connectivity index (χ1n) is 5.18. The van der Waals surface area contributed by atoms with E-state index in [1.165, 1.54) is 5.56 Å². The van der Waals surface area contributed by atoms with E-state index in [2.05, 4.69) is 0 Å². The van der Waals surface area contributed by atoms with Gasteiger partial charge in [0.25, 0.3) is 0 Å². The van der Waals surface area contributed by atoms with Crippen molar-refractivity contribution in [3.63, 3.8) is 0 Å². The van der Waals surface area contributed by atoms with Crippen LogP contribution >= 0.6 is 11.6 Å². The molecule has 0 aliphatic rings. The molecule has 0 aromatic heterocycles. The highest BCUT2D eigenvalue weighted by Crippen LogP contribution is 2.18. The van der Waals surface area contributed by atoms with Crippen LogP contribution in [-0.4, -0.2) is 18.8 Å². The van der Waals surface area contributed by atoms with Gasteiger partial charge in [-0.15, -0.1) is 0 Å². The summed E-state index contributed by atoms with van der Waals surface area (Å²) >= 11 is 5.82. The van der Waals surface area contributed by atoms with Gasteiger partial charge in [-0.2, -0.15) is 0 Å². The third kappa shape index (κ3) is 3.82. The smallest absolute Gasteiger partial charge is 0.0816 e. The topological polar surface area (TPSA) is 35.2 Å². The second kappa shape index (κ2) is 5.50. The highest BCUT2D eigenvalue weighted by Gasteiger charge is 2.22. The lowest BCUT2D eigenvalue weighted by molar-refractivity contribution is -0.0171. The van der Waals surface area contributed by atoms with E-state index in [1.807, 2.05) is 38.1 Å². The first-order chi connectivity index (χ1) is 7.09. The van der Waals surface area contributed by atoms with E-state index in [0.29, 0.717) is 13.2 Å². The van der Waals surface area contributed by atoms with E-state index in [1.54, 1.807) is 0 Å². The van der Waals surface area contributed by atoms with Gasteiger partial charge >= 0.3 is 0 Å². The van der Waals surface area contributed by atoms with Crippen molar-refractivity contribution in [3.05, 3.63) is 34.9 Å². The Morgan fingerprint density at radius 2 is 1.93 bits per heavy atom. The molecule has 84 valence electrons. The van der Waals surface area contributed by atoms with Crippen LogP contribution in [-0.2, 0) is 11.2 Å². The van der Waals surface area contributed by atoms with E-state index in [9.17, 15) is 0 Å². The summed E-state index contributed by atoms with van der Waals surface area (Å²) in [5.74, 6) is 0. The summed E-state index contributed by atoms with van der Waals surface area (Å²) in [5.41, 5.74) is 6.64. The maximum atomic E-state index is 5.82. The number of ether oxygens (including phenoxy) is 1. The molecule has 0 heterocycles. The number of rotatable bonds is 5. The van der Waals surface area contributed by atoms with Crippen LogP contribution in [0.5, 0.6) is 0 Å². The first kappa shape index (κ1) is 12.5. The number of benzene rings is 1. The first-order valence-corrected chi connectivity index (χ1v) is 5.56. The second-order valence-corrected chi connectivity index (χ2v) is 4.33. The maximum Gasteiger partial charge on any atom is 0.0816 e. The van der Waals surface area contributed by atoms with Crippen molar-refractivity contribution in [1.82, 2.24) is 0 Å². The summed E-state index contributed by atoms with van der Waals surface area (Å²) in [6, 6.07) is 7.80. The summed E-state index contributed by atoms with van der Waals surface area (Å²) < 4.78 is 5.65. The molecule has 0 fully saturated rings. The van der Waals surface area contributed by atoms with E-state index in [-0.39, 0.29) is 5.60 Å². The molecule has 0 bridgehead atoms. The molecule has 0 aliphatic heterocycles. The quantitative estimate of drug-likeness (QED) is 0.840. The molecule has 0 radical (unpaired) electrons. The minimum atomic E-state index is -0.275. The molecule has 0 spiro atoms. The zero-order valence-electron chi connectivity index (χ0n) is 9.29. The zero-order chi connectivity index (χ0) is 11.3. The third-order valence-electron chi connectivity index (χ3n) is 2.42. The monoisotopic (exact) mass is 227 g/mol. The molecule has 0 saturated heterocycles. The van der Waals surface area contributed by atoms with Crippen molar-refractivity contribution in [1.29, 1.82) is 0 Å². The number of hydrogen-bond donors (Lipinski definition) is 1. The van der Waals surface area contributed by atoms with Crippen molar-refractivity contribution in [2.24, 2.45) is 5.73 Å². The fraction of sp³-hybridized carbons (Fsp3) is 0.500. The van der Waals surface area contributed by atoms with Gasteiger partial charge in [0, 0.05) is 24.6 Å². The average molecular weight is 228 g/mol. The molecule has 3 heteroatoms. The zero-order valence-corrected chi connectivity index (χ0v) is 10.1. The van der Waals surface area contributed by atoms with Gasteiger partial charge < -0.3 is 10.5 Å². The Kier molecular flexibility index (Phi) is 4.58. The Morgan fingerprint density at radius 1 is 1.33 bits per heavy atom. The van der Waals surface area contributed by atoms with Gasteiger partial charge in [-0.05, 0) is 31.5 Å². The number of hydrogen-bond acceptors (Lipinski definition) is 2. The lowest BCUT2D eigenvalue weighted by Crippen LogP contribution is -2.39. The molecule has 1 aromatic rings. The fourth-order valence-corrected chi connectivity index (χ4v) is 1.69. The molecule has 1 atom stereocenters. The summed E-state index contributed by atoms with van der Waals surface area (Å²) in [4.78, 5) is 0. The molecule has 0 saturated carbocycles. The van der Waals surface area contributed by atoms with Crippen LogP contribution in [0, 0.1) is 0 Å². The summed E-state index contributed by atoms with van der Waals surface area (Å²) in [6.45, 7) is 5.21. The Bertz CT molecular complexity index is 299. The summed E-state index contributed by atoms with van der Waals surface area (Å²) in [7, 11) is 0. The highest BCUT2D eigenvalue weighted by atomic mass is 35.5.